The smallest absolute Gasteiger partial charge is 0.243 e. The van der Waals surface area contributed by atoms with E-state index in [0.717, 1.165) is 18.5 Å². The maximum absolute atomic E-state index is 12.5. The fraction of sp³-hybridized carbons (Fsp3) is 0.562. The number of hydrogen-bond acceptors (Lipinski definition) is 4. The number of benzene rings is 1. The molecule has 0 aliphatic rings. The fourth-order valence-electron chi connectivity index (χ4n) is 1.98. The zero-order chi connectivity index (χ0) is 17.6. The van der Waals surface area contributed by atoms with Crippen molar-refractivity contribution in [1.82, 2.24) is 9.62 Å². The van der Waals surface area contributed by atoms with Gasteiger partial charge in [0.1, 0.15) is 0 Å². The minimum atomic E-state index is -3.56. The van der Waals surface area contributed by atoms with E-state index in [0.29, 0.717) is 12.1 Å². The van der Waals surface area contributed by atoms with Gasteiger partial charge in [0.15, 0.2) is 0 Å². The van der Waals surface area contributed by atoms with Gasteiger partial charge in [0.2, 0.25) is 15.9 Å². The van der Waals surface area contributed by atoms with Crippen molar-refractivity contribution in [2.24, 2.45) is 0 Å². The molecule has 0 unspecified atom stereocenters. The van der Waals surface area contributed by atoms with Crippen molar-refractivity contribution in [3.8, 4) is 0 Å². The third-order valence-corrected chi connectivity index (χ3v) is 5.75. The molecule has 138 valence electrons. The number of halogens is 1. The average molecular weight is 378 g/mol. The Balaban J connectivity index is 0.00000529. The van der Waals surface area contributed by atoms with E-state index in [1.54, 1.807) is 19.2 Å². The van der Waals surface area contributed by atoms with E-state index in [1.807, 2.05) is 27.8 Å². The first kappa shape index (κ1) is 22.9. The summed E-state index contributed by atoms with van der Waals surface area (Å²) >= 11 is 0. The predicted octanol–water partition coefficient (Wildman–Crippen LogP) is 2.38. The molecule has 1 rings (SSSR count). The molecule has 1 aromatic rings. The van der Waals surface area contributed by atoms with E-state index in [-0.39, 0.29) is 29.3 Å². The van der Waals surface area contributed by atoms with Crippen LogP contribution in [0.5, 0.6) is 0 Å². The number of hydrogen-bond donors (Lipinski definition) is 2. The fourth-order valence-corrected chi connectivity index (χ4v) is 3.37. The SMILES string of the molecule is CNCCCC(=O)Nc1cc(S(=O)(=O)N(C)C(C)C)ccc1C.Cl. The van der Waals surface area contributed by atoms with E-state index in [2.05, 4.69) is 10.6 Å². The summed E-state index contributed by atoms with van der Waals surface area (Å²) in [6, 6.07) is 4.67. The number of sulfonamides is 1. The summed E-state index contributed by atoms with van der Waals surface area (Å²) in [5.74, 6) is -0.116. The lowest BCUT2D eigenvalue weighted by atomic mass is 10.2. The molecule has 2 N–H and O–H groups in total. The topological polar surface area (TPSA) is 78.5 Å². The maximum atomic E-state index is 12.5. The first-order valence-corrected chi connectivity index (χ1v) is 9.17. The highest BCUT2D eigenvalue weighted by molar-refractivity contribution is 7.89. The highest BCUT2D eigenvalue weighted by atomic mass is 35.5. The molecule has 0 atom stereocenters. The Kier molecular flexibility index (Phi) is 9.50. The van der Waals surface area contributed by atoms with Gasteiger partial charge in [-0.15, -0.1) is 12.4 Å². The van der Waals surface area contributed by atoms with Crippen molar-refractivity contribution < 1.29 is 13.2 Å². The number of nitrogens with zero attached hydrogens (tertiary/aromatic N) is 1. The van der Waals surface area contributed by atoms with Crippen LogP contribution in [0.3, 0.4) is 0 Å². The molecule has 0 saturated heterocycles. The van der Waals surface area contributed by atoms with Crippen LogP contribution in [0.1, 0.15) is 32.3 Å². The average Bonchev–Trinajstić information content (AvgIpc) is 2.48. The molecule has 0 aromatic heterocycles. The van der Waals surface area contributed by atoms with Crippen LogP contribution >= 0.6 is 12.4 Å². The molecular weight excluding hydrogens is 350 g/mol. The van der Waals surface area contributed by atoms with Crippen LogP contribution in [0.4, 0.5) is 5.69 Å². The van der Waals surface area contributed by atoms with E-state index < -0.39 is 10.0 Å². The first-order valence-electron chi connectivity index (χ1n) is 7.73. The molecule has 0 fully saturated rings. The molecule has 0 heterocycles. The van der Waals surface area contributed by atoms with Crippen LogP contribution in [-0.2, 0) is 14.8 Å². The second kappa shape index (κ2) is 9.98. The van der Waals surface area contributed by atoms with Gasteiger partial charge in [-0.3, -0.25) is 4.79 Å². The zero-order valence-electron chi connectivity index (χ0n) is 14.9. The van der Waals surface area contributed by atoms with Crippen molar-refractivity contribution in [3.63, 3.8) is 0 Å². The standard InChI is InChI=1S/C16H27N3O3S.ClH/c1-12(2)19(5)23(21,22)14-9-8-13(3)15(11-14)18-16(20)7-6-10-17-4;/h8-9,11-12,17H,6-7,10H2,1-5H3,(H,18,20);1H. The van der Waals surface area contributed by atoms with Crippen molar-refractivity contribution in [1.29, 1.82) is 0 Å². The van der Waals surface area contributed by atoms with Crippen LogP contribution in [0.2, 0.25) is 0 Å². The van der Waals surface area contributed by atoms with Crippen molar-refractivity contribution in [3.05, 3.63) is 23.8 Å². The van der Waals surface area contributed by atoms with Crippen LogP contribution in [0.25, 0.3) is 0 Å². The number of anilines is 1. The molecule has 0 spiro atoms. The lowest BCUT2D eigenvalue weighted by Crippen LogP contribution is -2.33. The van der Waals surface area contributed by atoms with Crippen molar-refractivity contribution in [2.45, 2.75) is 44.6 Å². The number of amides is 1. The largest absolute Gasteiger partial charge is 0.326 e. The molecule has 8 heteroatoms. The van der Waals surface area contributed by atoms with Crippen LogP contribution in [0, 0.1) is 6.92 Å². The summed E-state index contributed by atoms with van der Waals surface area (Å²) < 4.78 is 26.4. The Labute approximate surface area is 151 Å². The third kappa shape index (κ3) is 6.05. The Morgan fingerprint density at radius 3 is 2.46 bits per heavy atom. The maximum Gasteiger partial charge on any atom is 0.243 e. The Bertz CT molecular complexity index is 648. The van der Waals surface area contributed by atoms with Crippen LogP contribution in [-0.4, -0.2) is 45.3 Å². The number of rotatable bonds is 8. The predicted molar refractivity (Wildman–Crippen MR) is 100 cm³/mol. The minimum Gasteiger partial charge on any atom is -0.326 e. The van der Waals surface area contributed by atoms with Gasteiger partial charge in [0.05, 0.1) is 4.90 Å². The number of carbonyl (C=O) groups is 1. The van der Waals surface area contributed by atoms with Gasteiger partial charge in [-0.2, -0.15) is 4.31 Å². The molecule has 1 aromatic carbocycles. The summed E-state index contributed by atoms with van der Waals surface area (Å²) in [6.07, 6.45) is 1.12. The van der Waals surface area contributed by atoms with Gasteiger partial charge in [0.25, 0.3) is 0 Å². The quantitative estimate of drug-likeness (QED) is 0.682. The molecule has 1 amide bonds. The summed E-state index contributed by atoms with van der Waals surface area (Å²) in [5, 5.41) is 5.79. The third-order valence-electron chi connectivity index (χ3n) is 3.72. The molecule has 0 radical (unpaired) electrons. The number of nitrogens with one attached hydrogen (secondary N) is 2. The van der Waals surface area contributed by atoms with Gasteiger partial charge in [-0.05, 0) is 58.5 Å². The molecule has 6 nitrogen and oxygen atoms in total. The summed E-state index contributed by atoms with van der Waals surface area (Å²) in [5.41, 5.74) is 1.37. The normalized spacial score (nSPS) is 11.5. The second-order valence-electron chi connectivity index (χ2n) is 5.85. The highest BCUT2D eigenvalue weighted by Gasteiger charge is 2.23. The van der Waals surface area contributed by atoms with Gasteiger partial charge in [-0.1, -0.05) is 6.07 Å². The second-order valence-corrected chi connectivity index (χ2v) is 7.84. The Morgan fingerprint density at radius 2 is 1.92 bits per heavy atom. The van der Waals surface area contributed by atoms with Crippen LogP contribution < -0.4 is 10.6 Å². The molecule has 0 bridgehead atoms. The van der Waals surface area contributed by atoms with Crippen molar-refractivity contribution in [2.75, 3.05) is 26.0 Å². The van der Waals surface area contributed by atoms with Gasteiger partial charge < -0.3 is 10.6 Å². The molecule has 24 heavy (non-hydrogen) atoms. The first-order chi connectivity index (χ1) is 10.7. The van der Waals surface area contributed by atoms with Crippen LogP contribution in [0.15, 0.2) is 23.1 Å². The van der Waals surface area contributed by atoms with Crippen molar-refractivity contribution >= 4 is 34.0 Å². The van der Waals surface area contributed by atoms with E-state index in [4.69, 9.17) is 0 Å². The summed E-state index contributed by atoms with van der Waals surface area (Å²) in [6.45, 7) is 6.23. The lowest BCUT2D eigenvalue weighted by Gasteiger charge is -2.21. The minimum absolute atomic E-state index is 0. The molecule has 0 aliphatic carbocycles. The van der Waals surface area contributed by atoms with E-state index in [9.17, 15) is 13.2 Å². The lowest BCUT2D eigenvalue weighted by molar-refractivity contribution is -0.116. The molecule has 0 aliphatic heterocycles. The molecular formula is C16H28ClN3O3S. The monoisotopic (exact) mass is 377 g/mol. The summed E-state index contributed by atoms with van der Waals surface area (Å²) in [7, 11) is -0.176. The Hall–Kier alpha value is -1.15. The molecule has 0 saturated carbocycles. The number of carbonyl (C=O) groups excluding carboxylic acids is 1. The van der Waals surface area contributed by atoms with Gasteiger partial charge >= 0.3 is 0 Å². The van der Waals surface area contributed by atoms with Gasteiger partial charge in [-0.25, -0.2) is 8.42 Å². The number of aryl methyl sites for hydroxylation is 1. The van der Waals surface area contributed by atoms with E-state index in [1.165, 1.54) is 10.4 Å². The highest BCUT2D eigenvalue weighted by Crippen LogP contribution is 2.23. The van der Waals surface area contributed by atoms with Gasteiger partial charge in [0, 0.05) is 25.2 Å². The Morgan fingerprint density at radius 1 is 1.29 bits per heavy atom. The summed E-state index contributed by atoms with van der Waals surface area (Å²) in [4.78, 5) is 12.1. The zero-order valence-corrected chi connectivity index (χ0v) is 16.6. The van der Waals surface area contributed by atoms with E-state index >= 15 is 0 Å².